The van der Waals surface area contributed by atoms with Gasteiger partial charge in [-0.05, 0) is 12.8 Å². The molecule has 0 aliphatic rings. The Hall–Kier alpha value is -0.790. The van der Waals surface area contributed by atoms with E-state index in [9.17, 15) is 4.79 Å². The van der Waals surface area contributed by atoms with Gasteiger partial charge in [-0.3, -0.25) is 4.79 Å². The summed E-state index contributed by atoms with van der Waals surface area (Å²) >= 11 is 0. The van der Waals surface area contributed by atoms with Gasteiger partial charge in [-0.25, -0.2) is 0 Å². The van der Waals surface area contributed by atoms with Crippen molar-refractivity contribution in [2.45, 2.75) is 33.3 Å². The van der Waals surface area contributed by atoms with E-state index in [1.54, 1.807) is 13.0 Å². The quantitative estimate of drug-likeness (QED) is 0.460. The van der Waals surface area contributed by atoms with Crippen molar-refractivity contribution >= 4 is 5.97 Å². The zero-order valence-corrected chi connectivity index (χ0v) is 7.46. The molecule has 0 fully saturated rings. The third kappa shape index (κ3) is 5.64. The first-order valence-corrected chi connectivity index (χ1v) is 3.88. The summed E-state index contributed by atoms with van der Waals surface area (Å²) in [6.07, 6.45) is 1.93. The fourth-order valence-corrected chi connectivity index (χ4v) is 0.637. The van der Waals surface area contributed by atoms with Crippen molar-refractivity contribution in [1.82, 2.24) is 0 Å². The lowest BCUT2D eigenvalue weighted by Gasteiger charge is -2.09. The summed E-state index contributed by atoms with van der Waals surface area (Å²) in [5.74, 6) is 0.215. The van der Waals surface area contributed by atoms with Gasteiger partial charge < -0.3 is 4.74 Å². The summed E-state index contributed by atoms with van der Waals surface area (Å²) in [7, 11) is 0. The first-order chi connectivity index (χ1) is 5.06. The number of carbonyl (C=O) groups is 1. The molecule has 64 valence electrons. The van der Waals surface area contributed by atoms with E-state index in [0.29, 0.717) is 12.3 Å². The van der Waals surface area contributed by atoms with Gasteiger partial charge in [0.15, 0.2) is 0 Å². The lowest BCUT2D eigenvalue weighted by atomic mass is 10.1. The molecule has 1 unspecified atom stereocenters. The molecule has 0 amide bonds. The van der Waals surface area contributed by atoms with Crippen molar-refractivity contribution in [3.05, 3.63) is 12.7 Å². The number of hydrogen-bond acceptors (Lipinski definition) is 2. The van der Waals surface area contributed by atoms with Crippen molar-refractivity contribution in [2.24, 2.45) is 5.92 Å². The van der Waals surface area contributed by atoms with E-state index in [4.69, 9.17) is 4.74 Å². The normalized spacial score (nSPS) is 12.7. The zero-order chi connectivity index (χ0) is 8.85. The molecule has 0 aromatic rings. The minimum atomic E-state index is -0.166. The van der Waals surface area contributed by atoms with Crippen LogP contribution in [0, 0.1) is 5.92 Å². The lowest BCUT2D eigenvalue weighted by Crippen LogP contribution is -2.13. The number of rotatable bonds is 4. The van der Waals surface area contributed by atoms with E-state index in [1.165, 1.54) is 0 Å². The van der Waals surface area contributed by atoms with Gasteiger partial charge in [0.2, 0.25) is 0 Å². The Balaban J connectivity index is 3.60. The van der Waals surface area contributed by atoms with Gasteiger partial charge in [0.05, 0.1) is 0 Å². The van der Waals surface area contributed by atoms with E-state index in [2.05, 4.69) is 6.58 Å². The minimum absolute atomic E-state index is 0.146. The fourth-order valence-electron chi connectivity index (χ4n) is 0.637. The third-order valence-electron chi connectivity index (χ3n) is 1.22. The summed E-state index contributed by atoms with van der Waals surface area (Å²) in [6.45, 7) is 9.28. The summed E-state index contributed by atoms with van der Waals surface area (Å²) < 4.78 is 4.95. The molecule has 1 atom stereocenters. The molecule has 0 bridgehead atoms. The summed E-state index contributed by atoms with van der Waals surface area (Å²) in [5, 5.41) is 0. The molecule has 0 heterocycles. The number of hydrogen-bond donors (Lipinski definition) is 0. The highest BCUT2D eigenvalue weighted by molar-refractivity contribution is 5.69. The third-order valence-corrected chi connectivity index (χ3v) is 1.22. The Morgan fingerprint density at radius 1 is 1.55 bits per heavy atom. The Morgan fingerprint density at radius 2 is 2.09 bits per heavy atom. The summed E-state index contributed by atoms with van der Waals surface area (Å²) in [4.78, 5) is 11.0. The molecule has 0 spiro atoms. The second-order valence-electron chi connectivity index (χ2n) is 3.03. The van der Waals surface area contributed by atoms with Gasteiger partial charge >= 0.3 is 5.97 Å². The van der Waals surface area contributed by atoms with Gasteiger partial charge in [-0.1, -0.05) is 26.5 Å². The molecule has 0 radical (unpaired) electrons. The van der Waals surface area contributed by atoms with Crippen LogP contribution in [0.4, 0.5) is 0 Å². The van der Waals surface area contributed by atoms with Crippen LogP contribution in [0.5, 0.6) is 0 Å². The highest BCUT2D eigenvalue weighted by Gasteiger charge is 2.07. The zero-order valence-electron chi connectivity index (χ0n) is 7.46. The standard InChI is InChI=1S/C9H16O2/c1-5-8(4)11-9(10)6-7(2)3/h5,7-8H,1,6H2,2-4H3. The van der Waals surface area contributed by atoms with Crippen LogP contribution in [0.15, 0.2) is 12.7 Å². The molecule has 0 aliphatic carbocycles. The van der Waals surface area contributed by atoms with Crippen molar-refractivity contribution in [3.63, 3.8) is 0 Å². The monoisotopic (exact) mass is 156 g/mol. The average Bonchev–Trinajstić information content (AvgIpc) is 1.85. The number of carbonyl (C=O) groups excluding carboxylic acids is 1. The van der Waals surface area contributed by atoms with Crippen molar-refractivity contribution in [1.29, 1.82) is 0 Å². The van der Waals surface area contributed by atoms with E-state index >= 15 is 0 Å². The van der Waals surface area contributed by atoms with E-state index in [-0.39, 0.29) is 12.1 Å². The molecule has 0 saturated heterocycles. The van der Waals surface area contributed by atoms with Crippen LogP contribution in [0.1, 0.15) is 27.2 Å². The van der Waals surface area contributed by atoms with E-state index in [0.717, 1.165) is 0 Å². The Kier molecular flexibility index (Phi) is 4.59. The molecular formula is C9H16O2. The van der Waals surface area contributed by atoms with Crippen LogP contribution in [-0.4, -0.2) is 12.1 Å². The van der Waals surface area contributed by atoms with Crippen LogP contribution in [0.25, 0.3) is 0 Å². The van der Waals surface area contributed by atoms with Crippen LogP contribution < -0.4 is 0 Å². The molecule has 0 aliphatic heterocycles. The molecule has 0 rings (SSSR count). The molecule has 2 nitrogen and oxygen atoms in total. The Labute approximate surface area is 68.2 Å². The Morgan fingerprint density at radius 3 is 2.45 bits per heavy atom. The maximum Gasteiger partial charge on any atom is 0.306 e. The highest BCUT2D eigenvalue weighted by atomic mass is 16.5. The molecule has 0 aromatic carbocycles. The van der Waals surface area contributed by atoms with Gasteiger partial charge in [0.25, 0.3) is 0 Å². The number of ether oxygens (including phenoxy) is 1. The fraction of sp³-hybridized carbons (Fsp3) is 0.667. The van der Waals surface area contributed by atoms with E-state index in [1.807, 2.05) is 13.8 Å². The van der Waals surface area contributed by atoms with Crippen molar-refractivity contribution in [2.75, 3.05) is 0 Å². The summed E-state index contributed by atoms with van der Waals surface area (Å²) in [6, 6.07) is 0. The minimum Gasteiger partial charge on any atom is -0.458 e. The second-order valence-corrected chi connectivity index (χ2v) is 3.03. The smallest absolute Gasteiger partial charge is 0.306 e. The molecule has 11 heavy (non-hydrogen) atoms. The lowest BCUT2D eigenvalue weighted by molar-refractivity contribution is -0.147. The topological polar surface area (TPSA) is 26.3 Å². The van der Waals surface area contributed by atoms with Gasteiger partial charge in [-0.15, -0.1) is 0 Å². The Bertz CT molecular complexity index is 138. The predicted molar refractivity (Wildman–Crippen MR) is 45.2 cm³/mol. The predicted octanol–water partition coefficient (Wildman–Crippen LogP) is 2.15. The molecular weight excluding hydrogens is 140 g/mol. The first kappa shape index (κ1) is 10.2. The SMILES string of the molecule is C=CC(C)OC(=O)CC(C)C. The molecule has 2 heteroatoms. The van der Waals surface area contributed by atoms with Gasteiger partial charge in [-0.2, -0.15) is 0 Å². The average molecular weight is 156 g/mol. The van der Waals surface area contributed by atoms with Crippen LogP contribution in [0.2, 0.25) is 0 Å². The summed E-state index contributed by atoms with van der Waals surface area (Å²) in [5.41, 5.74) is 0. The van der Waals surface area contributed by atoms with Gasteiger partial charge in [0, 0.05) is 6.42 Å². The van der Waals surface area contributed by atoms with Crippen molar-refractivity contribution in [3.8, 4) is 0 Å². The largest absolute Gasteiger partial charge is 0.458 e. The van der Waals surface area contributed by atoms with Crippen LogP contribution in [-0.2, 0) is 9.53 Å². The first-order valence-electron chi connectivity index (χ1n) is 3.88. The molecule has 0 N–H and O–H groups in total. The van der Waals surface area contributed by atoms with Crippen molar-refractivity contribution < 1.29 is 9.53 Å². The maximum absolute atomic E-state index is 11.0. The number of esters is 1. The molecule has 0 saturated carbocycles. The molecule has 0 aromatic heterocycles. The highest BCUT2D eigenvalue weighted by Crippen LogP contribution is 2.03. The van der Waals surface area contributed by atoms with Gasteiger partial charge in [0.1, 0.15) is 6.10 Å². The van der Waals surface area contributed by atoms with Crippen LogP contribution >= 0.6 is 0 Å². The second kappa shape index (κ2) is 4.94. The van der Waals surface area contributed by atoms with Crippen LogP contribution in [0.3, 0.4) is 0 Å². The van der Waals surface area contributed by atoms with E-state index < -0.39 is 0 Å². The maximum atomic E-state index is 11.0.